The summed E-state index contributed by atoms with van der Waals surface area (Å²) in [4.78, 5) is 0. The van der Waals surface area contributed by atoms with Crippen molar-refractivity contribution in [2.45, 2.75) is 0 Å². The Kier molecular flexibility index (Phi) is 6.47. The first-order valence-electron chi connectivity index (χ1n) is 17.2. The van der Waals surface area contributed by atoms with E-state index in [2.05, 4.69) is 48.5 Å². The highest BCUT2D eigenvalue weighted by Crippen LogP contribution is 2.61. The third kappa shape index (κ3) is 4.13. The van der Waals surface area contributed by atoms with Gasteiger partial charge in [0.05, 0.1) is 5.39 Å². The smallest absolute Gasteiger partial charge is 0.205 e. The van der Waals surface area contributed by atoms with Crippen LogP contribution in [0.5, 0.6) is 40.2 Å². The first-order valence-corrected chi connectivity index (χ1v) is 17.2. The summed E-state index contributed by atoms with van der Waals surface area (Å²) in [5, 5.41) is 82.3. The van der Waals surface area contributed by atoms with Gasteiger partial charge >= 0.3 is 0 Å². The van der Waals surface area contributed by atoms with Gasteiger partial charge in [0.2, 0.25) is 17.2 Å². The van der Waals surface area contributed by atoms with Crippen LogP contribution in [-0.4, -0.2) is 35.7 Å². The normalized spacial score (nSPS) is 11.9. The molecule has 0 amide bonds. The van der Waals surface area contributed by atoms with Crippen LogP contribution in [0, 0.1) is 0 Å². The Balaban J connectivity index is 1.24. The van der Waals surface area contributed by atoms with E-state index >= 15 is 0 Å². The largest absolute Gasteiger partial charge is 0.504 e. The van der Waals surface area contributed by atoms with Crippen molar-refractivity contribution in [2.75, 3.05) is 0 Å². The molecule has 8 nitrogen and oxygen atoms in total. The zero-order chi connectivity index (χ0) is 37.0. The predicted octanol–water partition coefficient (Wildman–Crippen LogP) is 11.1. The summed E-state index contributed by atoms with van der Waals surface area (Å²) in [5.41, 5.74) is 5.63. The molecular formula is C46H28O8. The molecule has 260 valence electrons. The average Bonchev–Trinajstić information content (AvgIpc) is 3.60. The van der Waals surface area contributed by atoms with Crippen LogP contribution >= 0.6 is 0 Å². The lowest BCUT2D eigenvalue weighted by molar-refractivity contribution is 0.347. The molecule has 0 aliphatic carbocycles. The molecule has 10 rings (SSSR count). The highest BCUT2D eigenvalue weighted by atomic mass is 16.4. The van der Waals surface area contributed by atoms with Crippen LogP contribution in [-0.2, 0) is 0 Å². The van der Waals surface area contributed by atoms with Gasteiger partial charge in [-0.15, -0.1) is 0 Å². The van der Waals surface area contributed by atoms with E-state index in [9.17, 15) is 35.7 Å². The summed E-state index contributed by atoms with van der Waals surface area (Å²) in [7, 11) is 0. The molecule has 0 saturated heterocycles. The zero-order valence-corrected chi connectivity index (χ0v) is 28.2. The summed E-state index contributed by atoms with van der Waals surface area (Å²) in [6, 6.07) is 41.6. The fourth-order valence-corrected chi connectivity index (χ4v) is 8.24. The molecule has 0 unspecified atom stereocenters. The molecule has 10 aromatic rings. The van der Waals surface area contributed by atoms with Crippen molar-refractivity contribution in [1.29, 1.82) is 0 Å². The van der Waals surface area contributed by atoms with Crippen LogP contribution in [0.25, 0.3) is 98.4 Å². The molecule has 0 atom stereocenters. The summed E-state index contributed by atoms with van der Waals surface area (Å²) in [6.07, 6.45) is 0. The van der Waals surface area contributed by atoms with E-state index in [1.165, 1.54) is 0 Å². The quantitative estimate of drug-likeness (QED) is 0.0543. The van der Waals surface area contributed by atoms with E-state index in [0.29, 0.717) is 16.3 Å². The number of hydrogen-bond donors (Lipinski definition) is 7. The lowest BCUT2D eigenvalue weighted by Gasteiger charge is -2.21. The Morgan fingerprint density at radius 1 is 0.296 bits per heavy atom. The molecule has 7 N–H and O–H groups in total. The molecule has 54 heavy (non-hydrogen) atoms. The number of aromatic hydroxyl groups is 7. The second-order valence-corrected chi connectivity index (χ2v) is 13.4. The number of hydrogen-bond acceptors (Lipinski definition) is 8. The molecule has 0 saturated carbocycles. The lowest BCUT2D eigenvalue weighted by Crippen LogP contribution is -1.93. The summed E-state index contributed by atoms with van der Waals surface area (Å²) in [6.45, 7) is 0. The van der Waals surface area contributed by atoms with Gasteiger partial charge in [-0.05, 0) is 66.7 Å². The number of phenols is 7. The van der Waals surface area contributed by atoms with Gasteiger partial charge in [0.1, 0.15) is 11.2 Å². The van der Waals surface area contributed by atoms with E-state index in [0.717, 1.165) is 65.7 Å². The minimum absolute atomic E-state index is 0.161. The molecule has 8 heteroatoms. The van der Waals surface area contributed by atoms with Crippen molar-refractivity contribution in [2.24, 2.45) is 0 Å². The monoisotopic (exact) mass is 708 g/mol. The minimum atomic E-state index is -1.09. The van der Waals surface area contributed by atoms with Crippen LogP contribution in [0.3, 0.4) is 0 Å². The SMILES string of the molecule is Oc1c(O)c(O)c2c(-c3c4ccccc4c(-c4ccc(-c5cccc6oc7ccc8ccccc8c7c56)cc4)c4ccccc34)c(O)c(O)c(O)c2c1O. The maximum Gasteiger partial charge on any atom is 0.205 e. The maximum atomic E-state index is 11.5. The van der Waals surface area contributed by atoms with Crippen molar-refractivity contribution >= 4 is 65.0 Å². The number of fused-ring (bicyclic) bond motifs is 8. The topological polar surface area (TPSA) is 155 Å². The first kappa shape index (κ1) is 31.2. The fraction of sp³-hybridized carbons (Fsp3) is 0. The van der Waals surface area contributed by atoms with Crippen molar-refractivity contribution in [3.05, 3.63) is 127 Å². The van der Waals surface area contributed by atoms with Crippen molar-refractivity contribution < 1.29 is 40.2 Å². The van der Waals surface area contributed by atoms with Gasteiger partial charge in [-0.2, -0.15) is 0 Å². The molecule has 0 bridgehead atoms. The Hall–Kier alpha value is -7.58. The second kappa shape index (κ2) is 11.2. The summed E-state index contributed by atoms with van der Waals surface area (Å²) < 4.78 is 6.33. The maximum absolute atomic E-state index is 11.5. The Morgan fingerprint density at radius 3 is 1.43 bits per heavy atom. The number of rotatable bonds is 3. The molecular weight excluding hydrogens is 680 g/mol. The van der Waals surface area contributed by atoms with Crippen LogP contribution in [0.15, 0.2) is 132 Å². The Morgan fingerprint density at radius 2 is 0.796 bits per heavy atom. The van der Waals surface area contributed by atoms with E-state index in [1.54, 1.807) is 0 Å². The summed E-state index contributed by atoms with van der Waals surface area (Å²) >= 11 is 0. The van der Waals surface area contributed by atoms with Gasteiger partial charge in [0.25, 0.3) is 0 Å². The fourth-order valence-electron chi connectivity index (χ4n) is 8.24. The van der Waals surface area contributed by atoms with E-state index < -0.39 is 45.6 Å². The van der Waals surface area contributed by atoms with Gasteiger partial charge in [-0.1, -0.05) is 115 Å². The van der Waals surface area contributed by atoms with Gasteiger partial charge in [0.15, 0.2) is 23.0 Å². The number of furan rings is 1. The molecule has 0 aliphatic rings. The van der Waals surface area contributed by atoms with Crippen LogP contribution in [0.1, 0.15) is 0 Å². The van der Waals surface area contributed by atoms with Gasteiger partial charge in [-0.25, -0.2) is 0 Å². The molecule has 0 radical (unpaired) electrons. The Labute approximate surface area is 305 Å². The average molecular weight is 709 g/mol. The number of benzene rings is 9. The second-order valence-electron chi connectivity index (χ2n) is 13.4. The van der Waals surface area contributed by atoms with Gasteiger partial charge in [-0.3, -0.25) is 0 Å². The van der Waals surface area contributed by atoms with Gasteiger partial charge < -0.3 is 40.2 Å². The molecule has 0 aliphatic heterocycles. The van der Waals surface area contributed by atoms with Crippen LogP contribution < -0.4 is 0 Å². The first-order chi connectivity index (χ1) is 26.2. The van der Waals surface area contributed by atoms with Crippen molar-refractivity contribution in [1.82, 2.24) is 0 Å². The van der Waals surface area contributed by atoms with E-state index in [1.807, 2.05) is 78.9 Å². The predicted molar refractivity (Wildman–Crippen MR) is 212 cm³/mol. The molecule has 1 aromatic heterocycles. The zero-order valence-electron chi connectivity index (χ0n) is 28.2. The van der Waals surface area contributed by atoms with Crippen LogP contribution in [0.2, 0.25) is 0 Å². The van der Waals surface area contributed by atoms with Gasteiger partial charge in [0, 0.05) is 27.3 Å². The number of phenolic OH excluding ortho intramolecular Hbond substituents is 7. The third-order valence-electron chi connectivity index (χ3n) is 10.6. The van der Waals surface area contributed by atoms with E-state index in [4.69, 9.17) is 4.42 Å². The highest BCUT2D eigenvalue weighted by molar-refractivity contribution is 6.27. The lowest BCUT2D eigenvalue weighted by atomic mass is 9.83. The molecule has 9 aromatic carbocycles. The molecule has 0 spiro atoms. The molecule has 0 fully saturated rings. The van der Waals surface area contributed by atoms with E-state index in [-0.39, 0.29) is 10.9 Å². The standard InChI is InChI=1S/C46H28O8/c47-40-37(38-39(42(49)44(40)51)43(50)46(53)45(52)41(38)48)34-29-12-5-3-10-27(29)33(28-11-4-6-13-30(28)34)24-18-16-23(17-19-24)26-14-7-15-31-35(26)36-25-9-2-1-8-22(25)20-21-32(36)54-31/h1-21,47-53H. The third-order valence-corrected chi connectivity index (χ3v) is 10.6. The van der Waals surface area contributed by atoms with Crippen molar-refractivity contribution in [3.8, 4) is 73.6 Å². The van der Waals surface area contributed by atoms with Crippen LogP contribution in [0.4, 0.5) is 0 Å². The highest BCUT2D eigenvalue weighted by Gasteiger charge is 2.31. The minimum Gasteiger partial charge on any atom is -0.504 e. The Bertz CT molecular complexity index is 3170. The van der Waals surface area contributed by atoms with Crippen molar-refractivity contribution in [3.63, 3.8) is 0 Å². The molecule has 1 heterocycles. The summed E-state index contributed by atoms with van der Waals surface area (Å²) in [5.74, 6) is -6.77.